The molecular formula is C11H20N2O3. The number of ether oxygens (including phenoxy) is 1. The van der Waals surface area contributed by atoms with E-state index < -0.39 is 5.41 Å². The van der Waals surface area contributed by atoms with E-state index >= 15 is 0 Å². The Balaban J connectivity index is 2.38. The summed E-state index contributed by atoms with van der Waals surface area (Å²) >= 11 is 0. The summed E-state index contributed by atoms with van der Waals surface area (Å²) < 4.78 is 4.67. The number of carbonyl (C=O) groups excluding carboxylic acids is 2. The number of nitrogens with one attached hydrogen (secondary N) is 2. The van der Waals surface area contributed by atoms with Gasteiger partial charge in [0.1, 0.15) is 0 Å². The molecule has 0 bridgehead atoms. The quantitative estimate of drug-likeness (QED) is 0.667. The molecule has 2 N–H and O–H groups in total. The zero-order chi connectivity index (χ0) is 12.2. The van der Waals surface area contributed by atoms with E-state index in [0.717, 1.165) is 19.4 Å². The van der Waals surface area contributed by atoms with Crippen LogP contribution in [0, 0.1) is 5.41 Å². The number of methoxy groups -OCH3 is 1. The molecule has 5 heteroatoms. The monoisotopic (exact) mass is 228 g/mol. The number of amides is 1. The van der Waals surface area contributed by atoms with Crippen molar-refractivity contribution in [3.63, 3.8) is 0 Å². The maximum absolute atomic E-state index is 11.7. The molecule has 5 nitrogen and oxygen atoms in total. The van der Waals surface area contributed by atoms with Gasteiger partial charge in [0.25, 0.3) is 0 Å². The molecule has 0 spiro atoms. The van der Waals surface area contributed by atoms with Gasteiger partial charge in [0, 0.05) is 6.54 Å². The molecule has 1 aliphatic rings. The first-order valence-electron chi connectivity index (χ1n) is 5.57. The molecule has 0 aliphatic carbocycles. The molecule has 0 aromatic carbocycles. The molecule has 1 rings (SSSR count). The number of hydrogen-bond acceptors (Lipinski definition) is 4. The third kappa shape index (κ3) is 3.20. The number of rotatable bonds is 4. The molecule has 1 unspecified atom stereocenters. The van der Waals surface area contributed by atoms with Crippen LogP contribution < -0.4 is 10.6 Å². The highest BCUT2D eigenvalue weighted by Gasteiger charge is 2.30. The lowest BCUT2D eigenvalue weighted by molar-refractivity contribution is -0.150. The van der Waals surface area contributed by atoms with Gasteiger partial charge in [0.05, 0.1) is 18.6 Å². The summed E-state index contributed by atoms with van der Waals surface area (Å²) in [5, 5.41) is 5.89. The van der Waals surface area contributed by atoms with E-state index in [1.165, 1.54) is 7.11 Å². The van der Waals surface area contributed by atoms with Crippen LogP contribution in [0.15, 0.2) is 0 Å². The van der Waals surface area contributed by atoms with Crippen LogP contribution in [0.3, 0.4) is 0 Å². The minimum Gasteiger partial charge on any atom is -0.469 e. The fourth-order valence-corrected chi connectivity index (χ4v) is 1.69. The smallest absolute Gasteiger partial charge is 0.313 e. The summed E-state index contributed by atoms with van der Waals surface area (Å²) in [6.45, 7) is 4.69. The average Bonchev–Trinajstić information content (AvgIpc) is 2.78. The van der Waals surface area contributed by atoms with Gasteiger partial charge < -0.3 is 15.4 Å². The Morgan fingerprint density at radius 3 is 2.69 bits per heavy atom. The van der Waals surface area contributed by atoms with Gasteiger partial charge in [-0.3, -0.25) is 9.59 Å². The summed E-state index contributed by atoms with van der Waals surface area (Å²) in [6.07, 6.45) is 1.89. The molecule has 92 valence electrons. The van der Waals surface area contributed by atoms with Crippen molar-refractivity contribution in [3.8, 4) is 0 Å². The Labute approximate surface area is 95.9 Å². The second kappa shape index (κ2) is 5.30. The lowest BCUT2D eigenvalue weighted by Gasteiger charge is -2.22. The number of esters is 1. The minimum absolute atomic E-state index is 0.0329. The van der Waals surface area contributed by atoms with Crippen molar-refractivity contribution in [1.82, 2.24) is 10.6 Å². The van der Waals surface area contributed by atoms with Gasteiger partial charge in [-0.25, -0.2) is 0 Å². The van der Waals surface area contributed by atoms with E-state index in [2.05, 4.69) is 15.4 Å². The number of hydrogen-bond donors (Lipinski definition) is 2. The van der Waals surface area contributed by atoms with Crippen molar-refractivity contribution in [2.75, 3.05) is 20.2 Å². The van der Waals surface area contributed by atoms with Crippen molar-refractivity contribution in [2.24, 2.45) is 5.41 Å². The number of carbonyl (C=O) groups is 2. The van der Waals surface area contributed by atoms with Gasteiger partial charge in [-0.15, -0.1) is 0 Å². The molecule has 1 heterocycles. The Hall–Kier alpha value is -1.10. The highest BCUT2D eigenvalue weighted by atomic mass is 16.5. The third-order valence-corrected chi connectivity index (χ3v) is 2.82. The predicted molar refractivity (Wildman–Crippen MR) is 59.8 cm³/mol. The predicted octanol–water partition coefficient (Wildman–Crippen LogP) is 0.0538. The molecule has 0 aromatic rings. The maximum Gasteiger partial charge on any atom is 0.313 e. The van der Waals surface area contributed by atoms with Crippen LogP contribution in [0.5, 0.6) is 0 Å². The first-order chi connectivity index (χ1) is 7.47. The topological polar surface area (TPSA) is 67.4 Å². The Kier molecular flexibility index (Phi) is 4.29. The molecule has 0 aromatic heterocycles. The maximum atomic E-state index is 11.7. The van der Waals surface area contributed by atoms with Crippen molar-refractivity contribution in [3.05, 3.63) is 0 Å². The average molecular weight is 228 g/mol. The molecule has 1 amide bonds. The zero-order valence-corrected chi connectivity index (χ0v) is 10.1. The van der Waals surface area contributed by atoms with Gasteiger partial charge in [0.15, 0.2) is 0 Å². The fourth-order valence-electron chi connectivity index (χ4n) is 1.69. The standard InChI is InChI=1S/C11H20N2O3/c1-11(2,10(15)16-3)7-13-9(14)8-5-4-6-12-8/h8,12H,4-7H2,1-3H3,(H,13,14). The second-order valence-electron chi connectivity index (χ2n) is 4.74. The Morgan fingerprint density at radius 2 is 2.19 bits per heavy atom. The van der Waals surface area contributed by atoms with Crippen LogP contribution in [-0.2, 0) is 14.3 Å². The summed E-state index contributed by atoms with van der Waals surface area (Å²) in [5.74, 6) is -0.346. The Morgan fingerprint density at radius 1 is 1.50 bits per heavy atom. The van der Waals surface area contributed by atoms with Crippen molar-refractivity contribution in [2.45, 2.75) is 32.7 Å². The van der Waals surface area contributed by atoms with Gasteiger partial charge >= 0.3 is 5.97 Å². The normalized spacial score (nSPS) is 20.6. The summed E-state index contributed by atoms with van der Waals surface area (Å²) in [7, 11) is 1.35. The van der Waals surface area contributed by atoms with Gasteiger partial charge in [-0.05, 0) is 33.2 Å². The lowest BCUT2D eigenvalue weighted by atomic mass is 9.93. The van der Waals surface area contributed by atoms with E-state index in [-0.39, 0.29) is 17.9 Å². The van der Waals surface area contributed by atoms with Crippen LogP contribution in [0.25, 0.3) is 0 Å². The van der Waals surface area contributed by atoms with Crippen LogP contribution in [0.2, 0.25) is 0 Å². The van der Waals surface area contributed by atoms with E-state index in [1.54, 1.807) is 13.8 Å². The fraction of sp³-hybridized carbons (Fsp3) is 0.818. The highest BCUT2D eigenvalue weighted by molar-refractivity contribution is 5.83. The van der Waals surface area contributed by atoms with Gasteiger partial charge in [-0.2, -0.15) is 0 Å². The van der Waals surface area contributed by atoms with Crippen LogP contribution in [0.4, 0.5) is 0 Å². The largest absolute Gasteiger partial charge is 0.469 e. The third-order valence-electron chi connectivity index (χ3n) is 2.82. The van der Waals surface area contributed by atoms with Gasteiger partial charge in [-0.1, -0.05) is 0 Å². The van der Waals surface area contributed by atoms with E-state index in [1.807, 2.05) is 0 Å². The van der Waals surface area contributed by atoms with Gasteiger partial charge in [0.2, 0.25) is 5.91 Å². The Bertz CT molecular complexity index is 270. The summed E-state index contributed by atoms with van der Waals surface area (Å²) in [4.78, 5) is 23.1. The molecule has 1 aliphatic heterocycles. The van der Waals surface area contributed by atoms with E-state index in [9.17, 15) is 9.59 Å². The van der Waals surface area contributed by atoms with Crippen molar-refractivity contribution in [1.29, 1.82) is 0 Å². The minimum atomic E-state index is -0.678. The molecular weight excluding hydrogens is 208 g/mol. The first-order valence-corrected chi connectivity index (χ1v) is 5.57. The summed E-state index contributed by atoms with van der Waals surface area (Å²) in [6, 6.07) is -0.103. The molecule has 1 fully saturated rings. The van der Waals surface area contributed by atoms with Crippen LogP contribution in [-0.4, -0.2) is 38.1 Å². The molecule has 1 saturated heterocycles. The first kappa shape index (κ1) is 13.0. The SMILES string of the molecule is COC(=O)C(C)(C)CNC(=O)C1CCCN1. The van der Waals surface area contributed by atoms with Crippen LogP contribution in [0.1, 0.15) is 26.7 Å². The van der Waals surface area contributed by atoms with Crippen LogP contribution >= 0.6 is 0 Å². The molecule has 1 atom stereocenters. The second-order valence-corrected chi connectivity index (χ2v) is 4.74. The van der Waals surface area contributed by atoms with E-state index in [0.29, 0.717) is 6.54 Å². The van der Waals surface area contributed by atoms with E-state index in [4.69, 9.17) is 0 Å². The zero-order valence-electron chi connectivity index (χ0n) is 10.1. The molecule has 16 heavy (non-hydrogen) atoms. The van der Waals surface area contributed by atoms with Crippen molar-refractivity contribution >= 4 is 11.9 Å². The molecule has 0 radical (unpaired) electrons. The lowest BCUT2D eigenvalue weighted by Crippen LogP contribution is -2.46. The molecule has 0 saturated carbocycles. The highest BCUT2D eigenvalue weighted by Crippen LogP contribution is 2.15. The summed E-state index contributed by atoms with van der Waals surface area (Å²) in [5.41, 5.74) is -0.678. The van der Waals surface area contributed by atoms with Crippen molar-refractivity contribution < 1.29 is 14.3 Å².